The number of carbonyl (C=O) groups is 1. The first-order chi connectivity index (χ1) is 8.09. The standard InChI is InChI=1S/C13H9BrFNO/c14-8-5-6-12(16)10(7-8)13(17)9-3-1-2-4-11(9)15/h1-7H,16H2. The Hall–Kier alpha value is -1.68. The summed E-state index contributed by atoms with van der Waals surface area (Å²) in [5.74, 6) is -0.959. The highest BCUT2D eigenvalue weighted by Crippen LogP contribution is 2.22. The molecule has 4 heteroatoms. The first kappa shape index (κ1) is 11.8. The summed E-state index contributed by atoms with van der Waals surface area (Å²) in [7, 11) is 0. The van der Waals surface area contributed by atoms with Crippen LogP contribution >= 0.6 is 15.9 Å². The van der Waals surface area contributed by atoms with Gasteiger partial charge in [0.15, 0.2) is 5.78 Å². The number of anilines is 1. The molecule has 0 fully saturated rings. The first-order valence-corrected chi connectivity index (χ1v) is 5.73. The van der Waals surface area contributed by atoms with E-state index in [4.69, 9.17) is 5.73 Å². The van der Waals surface area contributed by atoms with E-state index in [1.807, 2.05) is 0 Å². The highest BCUT2D eigenvalue weighted by Gasteiger charge is 2.16. The summed E-state index contributed by atoms with van der Waals surface area (Å²) in [5.41, 5.74) is 6.37. The summed E-state index contributed by atoms with van der Waals surface area (Å²) in [6.07, 6.45) is 0. The topological polar surface area (TPSA) is 43.1 Å². The third-order valence-electron chi connectivity index (χ3n) is 2.38. The number of rotatable bonds is 2. The van der Waals surface area contributed by atoms with Crippen LogP contribution in [0.2, 0.25) is 0 Å². The van der Waals surface area contributed by atoms with Gasteiger partial charge in [-0.25, -0.2) is 4.39 Å². The van der Waals surface area contributed by atoms with E-state index in [0.29, 0.717) is 11.3 Å². The summed E-state index contributed by atoms with van der Waals surface area (Å²) in [6, 6.07) is 10.8. The summed E-state index contributed by atoms with van der Waals surface area (Å²) < 4.78 is 14.2. The van der Waals surface area contributed by atoms with Crippen molar-refractivity contribution < 1.29 is 9.18 Å². The van der Waals surface area contributed by atoms with Gasteiger partial charge in [0, 0.05) is 15.7 Å². The van der Waals surface area contributed by atoms with Crippen molar-refractivity contribution >= 4 is 27.4 Å². The molecule has 0 aromatic heterocycles. The SMILES string of the molecule is Nc1ccc(Br)cc1C(=O)c1ccccc1F. The average Bonchev–Trinajstić information content (AvgIpc) is 2.32. The number of hydrogen-bond donors (Lipinski definition) is 1. The number of benzene rings is 2. The van der Waals surface area contributed by atoms with Gasteiger partial charge in [0.05, 0.1) is 5.56 Å². The minimum absolute atomic E-state index is 0.0253. The lowest BCUT2D eigenvalue weighted by Gasteiger charge is -2.06. The van der Waals surface area contributed by atoms with Crippen LogP contribution in [0.4, 0.5) is 10.1 Å². The van der Waals surface area contributed by atoms with Crippen molar-refractivity contribution in [2.75, 3.05) is 5.73 Å². The lowest BCUT2D eigenvalue weighted by Crippen LogP contribution is -2.07. The maximum Gasteiger partial charge on any atom is 0.198 e. The molecule has 2 rings (SSSR count). The van der Waals surface area contributed by atoms with Crippen LogP contribution in [-0.4, -0.2) is 5.78 Å². The molecule has 17 heavy (non-hydrogen) atoms. The zero-order chi connectivity index (χ0) is 12.4. The maximum atomic E-state index is 13.5. The van der Waals surface area contributed by atoms with Crippen LogP contribution in [0.3, 0.4) is 0 Å². The number of nitrogens with two attached hydrogens (primary N) is 1. The minimum atomic E-state index is -0.545. The maximum absolute atomic E-state index is 13.5. The lowest BCUT2D eigenvalue weighted by atomic mass is 10.0. The Morgan fingerprint density at radius 3 is 2.53 bits per heavy atom. The monoisotopic (exact) mass is 293 g/mol. The van der Waals surface area contributed by atoms with Crippen LogP contribution in [-0.2, 0) is 0 Å². The molecule has 0 unspecified atom stereocenters. The molecule has 0 aliphatic rings. The van der Waals surface area contributed by atoms with Crippen LogP contribution < -0.4 is 5.73 Å². The molecule has 2 aromatic carbocycles. The molecule has 2 aromatic rings. The molecule has 0 saturated carbocycles. The van der Waals surface area contributed by atoms with Crippen LogP contribution in [0.1, 0.15) is 15.9 Å². The Kier molecular flexibility index (Phi) is 3.24. The Bertz CT molecular complexity index is 583. The van der Waals surface area contributed by atoms with E-state index in [0.717, 1.165) is 4.47 Å². The molecular weight excluding hydrogens is 285 g/mol. The molecule has 0 radical (unpaired) electrons. The zero-order valence-electron chi connectivity index (χ0n) is 8.78. The summed E-state index contributed by atoms with van der Waals surface area (Å²) in [5, 5.41) is 0. The normalized spacial score (nSPS) is 10.2. The largest absolute Gasteiger partial charge is 0.398 e. The number of ketones is 1. The Labute approximate surface area is 106 Å². The fourth-order valence-corrected chi connectivity index (χ4v) is 1.88. The number of carbonyl (C=O) groups excluding carboxylic acids is 1. The fourth-order valence-electron chi connectivity index (χ4n) is 1.52. The molecule has 86 valence electrons. The van der Waals surface area contributed by atoms with E-state index in [-0.39, 0.29) is 5.56 Å². The van der Waals surface area contributed by atoms with Crippen molar-refractivity contribution in [3.63, 3.8) is 0 Å². The lowest BCUT2D eigenvalue weighted by molar-refractivity contribution is 0.103. The molecular formula is C13H9BrFNO. The number of hydrogen-bond acceptors (Lipinski definition) is 2. The highest BCUT2D eigenvalue weighted by molar-refractivity contribution is 9.10. The number of halogens is 2. The van der Waals surface area contributed by atoms with E-state index in [1.54, 1.807) is 24.3 Å². The van der Waals surface area contributed by atoms with Crippen LogP contribution in [0.5, 0.6) is 0 Å². The van der Waals surface area contributed by atoms with E-state index in [1.165, 1.54) is 18.2 Å². The highest BCUT2D eigenvalue weighted by atomic mass is 79.9. The molecule has 0 heterocycles. The second-order valence-electron chi connectivity index (χ2n) is 3.54. The predicted molar refractivity (Wildman–Crippen MR) is 68.4 cm³/mol. The van der Waals surface area contributed by atoms with Crippen molar-refractivity contribution in [2.45, 2.75) is 0 Å². The van der Waals surface area contributed by atoms with Gasteiger partial charge < -0.3 is 5.73 Å². The number of nitrogen functional groups attached to an aromatic ring is 1. The van der Waals surface area contributed by atoms with Crippen molar-refractivity contribution in [3.8, 4) is 0 Å². The van der Waals surface area contributed by atoms with E-state index < -0.39 is 11.6 Å². The van der Waals surface area contributed by atoms with Gasteiger partial charge in [0.25, 0.3) is 0 Å². The third-order valence-corrected chi connectivity index (χ3v) is 2.87. The van der Waals surface area contributed by atoms with Crippen LogP contribution in [0.15, 0.2) is 46.9 Å². The van der Waals surface area contributed by atoms with E-state index in [2.05, 4.69) is 15.9 Å². The Balaban J connectivity index is 2.51. The fraction of sp³-hybridized carbons (Fsp3) is 0. The van der Waals surface area contributed by atoms with Gasteiger partial charge in [-0.3, -0.25) is 4.79 Å². The Morgan fingerprint density at radius 2 is 1.82 bits per heavy atom. The van der Waals surface area contributed by atoms with Gasteiger partial charge >= 0.3 is 0 Å². The molecule has 0 atom stereocenters. The van der Waals surface area contributed by atoms with Gasteiger partial charge in [0.1, 0.15) is 5.82 Å². The molecule has 0 saturated heterocycles. The van der Waals surface area contributed by atoms with Crippen molar-refractivity contribution in [3.05, 3.63) is 63.9 Å². The molecule has 2 nitrogen and oxygen atoms in total. The van der Waals surface area contributed by atoms with E-state index >= 15 is 0 Å². The van der Waals surface area contributed by atoms with E-state index in [9.17, 15) is 9.18 Å². The first-order valence-electron chi connectivity index (χ1n) is 4.94. The Morgan fingerprint density at radius 1 is 1.12 bits per heavy atom. The van der Waals surface area contributed by atoms with Crippen LogP contribution in [0, 0.1) is 5.82 Å². The second-order valence-corrected chi connectivity index (χ2v) is 4.46. The van der Waals surface area contributed by atoms with Gasteiger partial charge in [0.2, 0.25) is 0 Å². The third kappa shape index (κ3) is 2.36. The van der Waals surface area contributed by atoms with Crippen LogP contribution in [0.25, 0.3) is 0 Å². The summed E-state index contributed by atoms with van der Waals surface area (Å²) in [4.78, 5) is 12.1. The quantitative estimate of drug-likeness (QED) is 0.681. The van der Waals surface area contributed by atoms with Gasteiger partial charge in [-0.15, -0.1) is 0 Å². The molecule has 0 bridgehead atoms. The minimum Gasteiger partial charge on any atom is -0.398 e. The van der Waals surface area contributed by atoms with Gasteiger partial charge in [-0.1, -0.05) is 28.1 Å². The van der Waals surface area contributed by atoms with Crippen molar-refractivity contribution in [1.82, 2.24) is 0 Å². The molecule has 0 spiro atoms. The van der Waals surface area contributed by atoms with Crippen molar-refractivity contribution in [2.24, 2.45) is 0 Å². The molecule has 0 aliphatic carbocycles. The smallest absolute Gasteiger partial charge is 0.198 e. The van der Waals surface area contributed by atoms with Gasteiger partial charge in [-0.2, -0.15) is 0 Å². The van der Waals surface area contributed by atoms with Crippen molar-refractivity contribution in [1.29, 1.82) is 0 Å². The molecule has 0 amide bonds. The zero-order valence-corrected chi connectivity index (χ0v) is 10.4. The molecule has 2 N–H and O–H groups in total. The summed E-state index contributed by atoms with van der Waals surface area (Å²) in [6.45, 7) is 0. The van der Waals surface area contributed by atoms with Gasteiger partial charge in [-0.05, 0) is 30.3 Å². The predicted octanol–water partition coefficient (Wildman–Crippen LogP) is 3.40. The average molecular weight is 294 g/mol. The second kappa shape index (κ2) is 4.67. The molecule has 0 aliphatic heterocycles. The summed E-state index contributed by atoms with van der Waals surface area (Å²) >= 11 is 3.25.